The molecule has 18 heavy (non-hydrogen) atoms. The van der Waals surface area contributed by atoms with E-state index in [2.05, 4.69) is 0 Å². The van der Waals surface area contributed by atoms with E-state index >= 15 is 0 Å². The number of halogens is 2. The maximum absolute atomic E-state index is 13.0. The SMILES string of the molecule is NCC1CCN(CC(=O)c2ccc(F)c(F)c2)C1. The summed E-state index contributed by atoms with van der Waals surface area (Å²) < 4.78 is 25.8. The van der Waals surface area contributed by atoms with Crippen molar-refractivity contribution >= 4 is 5.78 Å². The molecule has 0 radical (unpaired) electrons. The Morgan fingerprint density at radius 2 is 2.17 bits per heavy atom. The average Bonchev–Trinajstić information content (AvgIpc) is 2.80. The monoisotopic (exact) mass is 254 g/mol. The minimum atomic E-state index is -0.984. The van der Waals surface area contributed by atoms with E-state index in [9.17, 15) is 13.6 Å². The van der Waals surface area contributed by atoms with Gasteiger partial charge in [-0.15, -0.1) is 0 Å². The van der Waals surface area contributed by atoms with Crippen LogP contribution in [0.4, 0.5) is 8.78 Å². The Labute approximate surface area is 105 Å². The molecule has 0 amide bonds. The highest BCUT2D eigenvalue weighted by atomic mass is 19.2. The van der Waals surface area contributed by atoms with Crippen LogP contribution in [0.3, 0.4) is 0 Å². The van der Waals surface area contributed by atoms with E-state index in [0.717, 1.165) is 31.6 Å². The first-order valence-corrected chi connectivity index (χ1v) is 6.01. The lowest BCUT2D eigenvalue weighted by molar-refractivity contribution is 0.0943. The average molecular weight is 254 g/mol. The summed E-state index contributed by atoms with van der Waals surface area (Å²) in [6.45, 7) is 2.49. The van der Waals surface area contributed by atoms with Crippen LogP contribution in [-0.2, 0) is 0 Å². The van der Waals surface area contributed by atoms with Gasteiger partial charge in [0.25, 0.3) is 0 Å². The Morgan fingerprint density at radius 3 is 2.78 bits per heavy atom. The fourth-order valence-electron chi connectivity index (χ4n) is 2.21. The Morgan fingerprint density at radius 1 is 1.39 bits per heavy atom. The largest absolute Gasteiger partial charge is 0.330 e. The first kappa shape index (κ1) is 13.1. The van der Waals surface area contributed by atoms with Gasteiger partial charge in [-0.25, -0.2) is 8.78 Å². The second kappa shape index (κ2) is 5.54. The van der Waals surface area contributed by atoms with Crippen molar-refractivity contribution in [2.75, 3.05) is 26.2 Å². The fraction of sp³-hybridized carbons (Fsp3) is 0.462. The number of rotatable bonds is 4. The van der Waals surface area contributed by atoms with E-state index in [1.165, 1.54) is 6.07 Å². The van der Waals surface area contributed by atoms with Gasteiger partial charge in [-0.05, 0) is 43.6 Å². The first-order valence-electron chi connectivity index (χ1n) is 6.01. The molecule has 1 saturated heterocycles. The Hall–Kier alpha value is -1.33. The van der Waals surface area contributed by atoms with Gasteiger partial charge in [0.05, 0.1) is 6.54 Å². The quantitative estimate of drug-likeness (QED) is 0.827. The van der Waals surface area contributed by atoms with Crippen molar-refractivity contribution in [2.24, 2.45) is 11.7 Å². The molecule has 1 aromatic rings. The standard InChI is InChI=1S/C13H16F2N2O/c14-11-2-1-10(5-12(11)15)13(18)8-17-4-3-9(6-16)7-17/h1-2,5,9H,3-4,6-8,16H2. The number of Topliss-reactive ketones (excluding diaryl/α,β-unsaturated/α-hetero) is 1. The zero-order chi connectivity index (χ0) is 13.1. The number of hydrogen-bond donors (Lipinski definition) is 1. The highest BCUT2D eigenvalue weighted by molar-refractivity contribution is 5.97. The van der Waals surface area contributed by atoms with E-state index in [1.807, 2.05) is 4.90 Å². The van der Waals surface area contributed by atoms with Gasteiger partial charge in [-0.3, -0.25) is 9.69 Å². The molecule has 0 saturated carbocycles. The number of hydrogen-bond acceptors (Lipinski definition) is 3. The van der Waals surface area contributed by atoms with Gasteiger partial charge in [0.1, 0.15) is 0 Å². The molecule has 3 nitrogen and oxygen atoms in total. The van der Waals surface area contributed by atoms with Crippen LogP contribution in [-0.4, -0.2) is 36.9 Å². The van der Waals surface area contributed by atoms with Crippen molar-refractivity contribution in [1.82, 2.24) is 4.90 Å². The van der Waals surface area contributed by atoms with Crippen LogP contribution in [0, 0.1) is 17.6 Å². The molecule has 1 unspecified atom stereocenters. The molecule has 1 atom stereocenters. The van der Waals surface area contributed by atoms with Crippen molar-refractivity contribution in [3.8, 4) is 0 Å². The predicted octanol–water partition coefficient (Wildman–Crippen LogP) is 1.43. The van der Waals surface area contributed by atoms with Gasteiger partial charge in [0.15, 0.2) is 17.4 Å². The summed E-state index contributed by atoms with van der Waals surface area (Å²) >= 11 is 0. The van der Waals surface area contributed by atoms with Crippen molar-refractivity contribution in [3.63, 3.8) is 0 Å². The maximum Gasteiger partial charge on any atom is 0.176 e. The van der Waals surface area contributed by atoms with Crippen LogP contribution in [0.15, 0.2) is 18.2 Å². The molecule has 98 valence electrons. The summed E-state index contributed by atoms with van der Waals surface area (Å²) in [7, 11) is 0. The second-order valence-electron chi connectivity index (χ2n) is 4.68. The summed E-state index contributed by atoms with van der Waals surface area (Å²) in [5, 5.41) is 0. The molecular weight excluding hydrogens is 238 g/mol. The zero-order valence-corrected chi connectivity index (χ0v) is 10.0. The molecule has 0 spiro atoms. The Bertz CT molecular complexity index is 451. The molecule has 2 N–H and O–H groups in total. The first-order chi connectivity index (χ1) is 8.60. The summed E-state index contributed by atoms with van der Waals surface area (Å²) in [5.41, 5.74) is 5.78. The summed E-state index contributed by atoms with van der Waals surface area (Å²) in [6.07, 6.45) is 0.988. The van der Waals surface area contributed by atoms with Gasteiger partial charge < -0.3 is 5.73 Å². The molecule has 5 heteroatoms. The molecule has 1 aliphatic rings. The van der Waals surface area contributed by atoms with Gasteiger partial charge in [-0.2, -0.15) is 0 Å². The van der Waals surface area contributed by atoms with Gasteiger partial charge in [0, 0.05) is 12.1 Å². The van der Waals surface area contributed by atoms with E-state index in [1.54, 1.807) is 0 Å². The third-order valence-corrected chi connectivity index (χ3v) is 3.31. The molecule has 0 bridgehead atoms. The number of nitrogens with zero attached hydrogens (tertiary/aromatic N) is 1. The maximum atomic E-state index is 13.0. The highest BCUT2D eigenvalue weighted by Crippen LogP contribution is 2.16. The minimum absolute atomic E-state index is 0.188. The topological polar surface area (TPSA) is 46.3 Å². The van der Waals surface area contributed by atoms with E-state index < -0.39 is 11.6 Å². The lowest BCUT2D eigenvalue weighted by Crippen LogP contribution is -2.29. The van der Waals surface area contributed by atoms with Crippen LogP contribution in [0.5, 0.6) is 0 Å². The minimum Gasteiger partial charge on any atom is -0.330 e. The van der Waals surface area contributed by atoms with Gasteiger partial charge in [-0.1, -0.05) is 0 Å². The number of benzene rings is 1. The second-order valence-corrected chi connectivity index (χ2v) is 4.68. The van der Waals surface area contributed by atoms with Crippen LogP contribution in [0.2, 0.25) is 0 Å². The third-order valence-electron chi connectivity index (χ3n) is 3.31. The molecule has 0 aliphatic carbocycles. The van der Waals surface area contributed by atoms with Crippen molar-refractivity contribution < 1.29 is 13.6 Å². The number of ketones is 1. The molecule has 1 fully saturated rings. The molecule has 1 heterocycles. The summed E-state index contributed by atoms with van der Waals surface area (Å²) in [5.74, 6) is -1.67. The normalized spacial score (nSPS) is 20.3. The molecule has 0 aromatic heterocycles. The Balaban J connectivity index is 1.97. The predicted molar refractivity (Wildman–Crippen MR) is 64.3 cm³/mol. The van der Waals surface area contributed by atoms with E-state index in [0.29, 0.717) is 12.5 Å². The van der Waals surface area contributed by atoms with Crippen LogP contribution in [0.25, 0.3) is 0 Å². The molecular formula is C13H16F2N2O. The third kappa shape index (κ3) is 2.91. The number of likely N-dealkylation sites (tertiary alicyclic amines) is 1. The highest BCUT2D eigenvalue weighted by Gasteiger charge is 2.23. The van der Waals surface area contributed by atoms with Crippen molar-refractivity contribution in [3.05, 3.63) is 35.4 Å². The van der Waals surface area contributed by atoms with E-state index in [-0.39, 0.29) is 17.9 Å². The summed E-state index contributed by atoms with van der Waals surface area (Å²) in [4.78, 5) is 13.9. The smallest absolute Gasteiger partial charge is 0.176 e. The number of carbonyl (C=O) groups excluding carboxylic acids is 1. The number of carbonyl (C=O) groups is 1. The molecule has 2 rings (SSSR count). The van der Waals surface area contributed by atoms with Gasteiger partial charge in [0.2, 0.25) is 0 Å². The Kier molecular flexibility index (Phi) is 4.04. The van der Waals surface area contributed by atoms with Crippen molar-refractivity contribution in [2.45, 2.75) is 6.42 Å². The molecule has 1 aliphatic heterocycles. The number of nitrogens with two attached hydrogens (primary N) is 1. The summed E-state index contributed by atoms with van der Waals surface area (Å²) in [6, 6.07) is 3.25. The fourth-order valence-corrected chi connectivity index (χ4v) is 2.21. The molecule has 1 aromatic carbocycles. The lowest BCUT2D eigenvalue weighted by atomic mass is 10.1. The zero-order valence-electron chi connectivity index (χ0n) is 10.0. The van der Waals surface area contributed by atoms with Crippen LogP contribution >= 0.6 is 0 Å². The van der Waals surface area contributed by atoms with Crippen LogP contribution < -0.4 is 5.73 Å². The van der Waals surface area contributed by atoms with Gasteiger partial charge >= 0.3 is 0 Å². The van der Waals surface area contributed by atoms with E-state index in [4.69, 9.17) is 5.73 Å². The van der Waals surface area contributed by atoms with Crippen molar-refractivity contribution in [1.29, 1.82) is 0 Å². The van der Waals surface area contributed by atoms with Crippen LogP contribution in [0.1, 0.15) is 16.8 Å². The lowest BCUT2D eigenvalue weighted by Gasteiger charge is -2.14.